The van der Waals surface area contributed by atoms with Gasteiger partial charge in [0.1, 0.15) is 0 Å². The summed E-state index contributed by atoms with van der Waals surface area (Å²) in [5.41, 5.74) is 0.502. The fraction of sp³-hybridized carbons (Fsp3) is 0.467. The Morgan fingerprint density at radius 1 is 1.09 bits per heavy atom. The van der Waals surface area contributed by atoms with Gasteiger partial charge in [-0.2, -0.15) is 0 Å². The Bertz CT molecular complexity index is 626. The molecule has 0 spiro atoms. The number of anilines is 1. The first-order chi connectivity index (χ1) is 10.8. The Morgan fingerprint density at radius 3 is 2.26 bits per heavy atom. The number of aliphatic carboxylic acids is 1. The summed E-state index contributed by atoms with van der Waals surface area (Å²) < 4.78 is 26.3. The summed E-state index contributed by atoms with van der Waals surface area (Å²) in [6.45, 7) is 2.24. The minimum absolute atomic E-state index is 0.0462. The molecule has 0 saturated heterocycles. The zero-order chi connectivity index (χ0) is 17.3. The summed E-state index contributed by atoms with van der Waals surface area (Å²) in [5.74, 6) is -1.10. The predicted octanol–water partition coefficient (Wildman–Crippen LogP) is 1.96. The zero-order valence-electron chi connectivity index (χ0n) is 13.0. The van der Waals surface area contributed by atoms with Crippen LogP contribution in [0, 0.1) is 0 Å². The molecule has 1 aromatic rings. The predicted molar refractivity (Wildman–Crippen MR) is 86.7 cm³/mol. The molecule has 0 saturated carbocycles. The number of benzene rings is 1. The molecule has 0 fully saturated rings. The number of hydrogen-bond donors (Lipinski definition) is 3. The lowest BCUT2D eigenvalue weighted by molar-refractivity contribution is -0.137. The molecule has 0 radical (unpaired) electrons. The lowest BCUT2D eigenvalue weighted by Gasteiger charge is -2.08. The quantitative estimate of drug-likeness (QED) is 0.563. The van der Waals surface area contributed by atoms with Gasteiger partial charge >= 0.3 is 5.97 Å². The number of sulfonamides is 1. The standard InChI is InChI=1S/C15H22N2O5S/c1-2-11-16-23(21,22)13-9-7-12(8-10-13)17-14(18)5-3-4-6-15(19)20/h7-10,16H,2-6,11H2,1H3,(H,17,18)(H,19,20). The zero-order valence-corrected chi connectivity index (χ0v) is 13.9. The number of nitrogens with one attached hydrogen (secondary N) is 2. The van der Waals surface area contributed by atoms with E-state index in [9.17, 15) is 18.0 Å². The topological polar surface area (TPSA) is 113 Å². The monoisotopic (exact) mass is 342 g/mol. The maximum absolute atomic E-state index is 11.9. The average molecular weight is 342 g/mol. The summed E-state index contributed by atoms with van der Waals surface area (Å²) in [6, 6.07) is 5.90. The van der Waals surface area contributed by atoms with Crippen LogP contribution in [0.5, 0.6) is 0 Å². The first kappa shape index (κ1) is 19.1. The molecule has 7 nitrogen and oxygen atoms in total. The second-order valence-corrected chi connectivity index (χ2v) is 6.84. The van der Waals surface area contributed by atoms with Crippen LogP contribution in [0.25, 0.3) is 0 Å². The van der Waals surface area contributed by atoms with Gasteiger partial charge < -0.3 is 10.4 Å². The van der Waals surface area contributed by atoms with E-state index in [0.29, 0.717) is 31.5 Å². The maximum atomic E-state index is 11.9. The van der Waals surface area contributed by atoms with Gasteiger partial charge in [-0.25, -0.2) is 13.1 Å². The molecule has 0 aliphatic rings. The van der Waals surface area contributed by atoms with Crippen LogP contribution < -0.4 is 10.0 Å². The van der Waals surface area contributed by atoms with Crippen molar-refractivity contribution < 1.29 is 23.1 Å². The highest BCUT2D eigenvalue weighted by atomic mass is 32.2. The lowest BCUT2D eigenvalue weighted by Crippen LogP contribution is -2.24. The van der Waals surface area contributed by atoms with Crippen molar-refractivity contribution in [3.63, 3.8) is 0 Å². The molecular formula is C15H22N2O5S. The van der Waals surface area contributed by atoms with Crippen molar-refractivity contribution in [2.45, 2.75) is 43.9 Å². The van der Waals surface area contributed by atoms with Gasteiger partial charge in [0.05, 0.1) is 4.90 Å². The number of hydrogen-bond acceptors (Lipinski definition) is 4. The highest BCUT2D eigenvalue weighted by Gasteiger charge is 2.12. The molecule has 0 bridgehead atoms. The van der Waals surface area contributed by atoms with Gasteiger partial charge in [0, 0.05) is 25.1 Å². The van der Waals surface area contributed by atoms with E-state index in [0.717, 1.165) is 0 Å². The first-order valence-corrected chi connectivity index (χ1v) is 8.95. The Labute approximate surface area is 136 Å². The number of carbonyl (C=O) groups is 2. The molecule has 23 heavy (non-hydrogen) atoms. The molecule has 3 N–H and O–H groups in total. The van der Waals surface area contributed by atoms with Crippen molar-refractivity contribution in [2.24, 2.45) is 0 Å². The van der Waals surface area contributed by atoms with E-state index < -0.39 is 16.0 Å². The summed E-state index contributed by atoms with van der Waals surface area (Å²) >= 11 is 0. The molecule has 128 valence electrons. The Kier molecular flexibility index (Phi) is 7.70. The van der Waals surface area contributed by atoms with Gasteiger partial charge in [0.2, 0.25) is 15.9 Å². The van der Waals surface area contributed by atoms with E-state index in [1.165, 1.54) is 24.3 Å². The number of carboxylic acid groups (broad SMARTS) is 1. The summed E-state index contributed by atoms with van der Waals surface area (Å²) in [4.78, 5) is 22.2. The van der Waals surface area contributed by atoms with Crippen molar-refractivity contribution >= 4 is 27.6 Å². The average Bonchev–Trinajstić information content (AvgIpc) is 2.50. The number of amides is 1. The molecule has 1 amide bonds. The third kappa shape index (κ3) is 7.25. The highest BCUT2D eigenvalue weighted by molar-refractivity contribution is 7.89. The van der Waals surface area contributed by atoms with Gasteiger partial charge in [0.25, 0.3) is 0 Å². The fourth-order valence-electron chi connectivity index (χ4n) is 1.82. The van der Waals surface area contributed by atoms with E-state index in [1.54, 1.807) is 0 Å². The highest BCUT2D eigenvalue weighted by Crippen LogP contribution is 2.14. The van der Waals surface area contributed by atoms with Crippen molar-refractivity contribution in [3.8, 4) is 0 Å². The summed E-state index contributed by atoms with van der Waals surface area (Å²) in [7, 11) is -3.51. The minimum Gasteiger partial charge on any atom is -0.481 e. The van der Waals surface area contributed by atoms with Crippen molar-refractivity contribution in [2.75, 3.05) is 11.9 Å². The second-order valence-electron chi connectivity index (χ2n) is 5.07. The fourth-order valence-corrected chi connectivity index (χ4v) is 2.96. The van der Waals surface area contributed by atoms with Crippen LogP contribution in [-0.2, 0) is 19.6 Å². The van der Waals surface area contributed by atoms with Gasteiger partial charge in [-0.05, 0) is 43.5 Å². The molecule has 1 aromatic carbocycles. The smallest absolute Gasteiger partial charge is 0.303 e. The number of carbonyl (C=O) groups excluding carboxylic acids is 1. The Morgan fingerprint density at radius 2 is 1.70 bits per heavy atom. The van der Waals surface area contributed by atoms with Crippen molar-refractivity contribution in [1.29, 1.82) is 0 Å². The molecular weight excluding hydrogens is 320 g/mol. The van der Waals surface area contributed by atoms with E-state index in [1.807, 2.05) is 6.92 Å². The molecule has 0 aliphatic heterocycles. The number of carboxylic acids is 1. The van der Waals surface area contributed by atoms with Gasteiger partial charge in [-0.3, -0.25) is 9.59 Å². The van der Waals surface area contributed by atoms with Gasteiger partial charge in [0.15, 0.2) is 0 Å². The minimum atomic E-state index is -3.51. The molecule has 0 unspecified atom stereocenters. The maximum Gasteiger partial charge on any atom is 0.303 e. The normalized spacial score (nSPS) is 11.2. The summed E-state index contributed by atoms with van der Waals surface area (Å²) in [5, 5.41) is 11.2. The van der Waals surface area contributed by atoms with Gasteiger partial charge in [-0.15, -0.1) is 0 Å². The van der Waals surface area contributed by atoms with Crippen LogP contribution in [0.1, 0.15) is 39.0 Å². The first-order valence-electron chi connectivity index (χ1n) is 7.46. The van der Waals surface area contributed by atoms with Crippen LogP contribution in [0.15, 0.2) is 29.2 Å². The summed E-state index contributed by atoms with van der Waals surface area (Å²) in [6.07, 6.45) is 1.92. The van der Waals surface area contributed by atoms with E-state index in [4.69, 9.17) is 5.11 Å². The van der Waals surface area contributed by atoms with Crippen LogP contribution in [0.2, 0.25) is 0 Å². The Balaban J connectivity index is 2.50. The second kappa shape index (κ2) is 9.26. The van der Waals surface area contributed by atoms with E-state index >= 15 is 0 Å². The van der Waals surface area contributed by atoms with Gasteiger partial charge in [-0.1, -0.05) is 6.92 Å². The van der Waals surface area contributed by atoms with Crippen LogP contribution in [0.3, 0.4) is 0 Å². The van der Waals surface area contributed by atoms with Crippen molar-refractivity contribution in [3.05, 3.63) is 24.3 Å². The number of unbranched alkanes of at least 4 members (excludes halogenated alkanes) is 1. The van der Waals surface area contributed by atoms with Crippen LogP contribution in [0.4, 0.5) is 5.69 Å². The lowest BCUT2D eigenvalue weighted by atomic mass is 10.2. The van der Waals surface area contributed by atoms with Crippen LogP contribution >= 0.6 is 0 Å². The molecule has 0 atom stereocenters. The largest absolute Gasteiger partial charge is 0.481 e. The molecule has 0 aliphatic carbocycles. The molecule has 8 heteroatoms. The van der Waals surface area contributed by atoms with E-state index in [2.05, 4.69) is 10.0 Å². The molecule has 0 heterocycles. The molecule has 0 aromatic heterocycles. The van der Waals surface area contributed by atoms with Crippen LogP contribution in [-0.4, -0.2) is 31.9 Å². The third-order valence-electron chi connectivity index (χ3n) is 3.03. The molecule has 1 rings (SSSR count). The Hall–Kier alpha value is -1.93. The number of rotatable bonds is 10. The SMILES string of the molecule is CCCNS(=O)(=O)c1ccc(NC(=O)CCCCC(=O)O)cc1. The third-order valence-corrected chi connectivity index (χ3v) is 4.51. The van der Waals surface area contributed by atoms with Crippen molar-refractivity contribution in [1.82, 2.24) is 4.72 Å². The van der Waals surface area contributed by atoms with E-state index in [-0.39, 0.29) is 23.6 Å².